The zero-order valence-corrected chi connectivity index (χ0v) is 19.9. The first kappa shape index (κ1) is 23.9. The van der Waals surface area contributed by atoms with Gasteiger partial charge in [-0.25, -0.2) is 8.42 Å². The SMILES string of the molecule is CCN(CC)Cc1ccc(CNC(=O)[C@@H](N=C2NS(=O)(=O)c3ccccc32)C(C)C)cc1. The van der Waals surface area contributed by atoms with Crippen LogP contribution in [0.4, 0.5) is 0 Å². The summed E-state index contributed by atoms with van der Waals surface area (Å²) in [5, 5.41) is 2.95. The molecule has 2 aromatic rings. The molecule has 7 nitrogen and oxygen atoms in total. The van der Waals surface area contributed by atoms with E-state index in [0.29, 0.717) is 12.1 Å². The Morgan fingerprint density at radius 2 is 1.66 bits per heavy atom. The van der Waals surface area contributed by atoms with Crippen molar-refractivity contribution >= 4 is 21.8 Å². The fourth-order valence-electron chi connectivity index (χ4n) is 3.64. The molecule has 1 aliphatic rings. The number of benzene rings is 2. The monoisotopic (exact) mass is 456 g/mol. The van der Waals surface area contributed by atoms with Crippen molar-refractivity contribution in [2.45, 2.75) is 51.7 Å². The van der Waals surface area contributed by atoms with E-state index in [1.807, 2.05) is 26.0 Å². The highest BCUT2D eigenvalue weighted by molar-refractivity contribution is 7.90. The molecule has 32 heavy (non-hydrogen) atoms. The van der Waals surface area contributed by atoms with Crippen LogP contribution in [0.3, 0.4) is 0 Å². The van der Waals surface area contributed by atoms with Crippen molar-refractivity contribution in [1.82, 2.24) is 14.9 Å². The topological polar surface area (TPSA) is 90.9 Å². The van der Waals surface area contributed by atoms with Crippen molar-refractivity contribution in [3.05, 3.63) is 65.2 Å². The summed E-state index contributed by atoms with van der Waals surface area (Å²) >= 11 is 0. The van der Waals surface area contributed by atoms with E-state index in [4.69, 9.17) is 0 Å². The maximum Gasteiger partial charge on any atom is 0.263 e. The average molecular weight is 457 g/mol. The Balaban J connectivity index is 1.69. The Morgan fingerprint density at radius 1 is 1.03 bits per heavy atom. The van der Waals surface area contributed by atoms with Gasteiger partial charge in [-0.3, -0.25) is 19.4 Å². The van der Waals surface area contributed by atoms with Gasteiger partial charge in [0.2, 0.25) is 5.91 Å². The van der Waals surface area contributed by atoms with Crippen LogP contribution in [-0.4, -0.2) is 44.2 Å². The molecule has 0 saturated heterocycles. The number of hydrogen-bond acceptors (Lipinski definition) is 5. The molecule has 3 rings (SSSR count). The summed E-state index contributed by atoms with van der Waals surface area (Å²) in [5.41, 5.74) is 2.74. The highest BCUT2D eigenvalue weighted by Crippen LogP contribution is 2.23. The second-order valence-corrected chi connectivity index (χ2v) is 9.91. The minimum absolute atomic E-state index is 0.101. The fourth-order valence-corrected chi connectivity index (χ4v) is 4.88. The van der Waals surface area contributed by atoms with Crippen LogP contribution in [0.1, 0.15) is 44.4 Å². The standard InChI is InChI=1S/C24H32N4O3S/c1-5-28(6-2)16-19-13-11-18(12-14-19)15-25-24(29)22(17(3)4)26-23-20-9-7-8-10-21(20)32(30,31)27-23/h7-14,17,22H,5-6,15-16H2,1-4H3,(H,25,29)(H,26,27)/t22-/m0/s1. The average Bonchev–Trinajstić information content (AvgIpc) is 3.04. The second-order valence-electron chi connectivity index (χ2n) is 8.26. The van der Waals surface area contributed by atoms with Gasteiger partial charge in [0.05, 0.1) is 4.90 Å². The molecule has 0 spiro atoms. The molecular formula is C24H32N4O3S. The predicted molar refractivity (Wildman–Crippen MR) is 127 cm³/mol. The Kier molecular flexibility index (Phi) is 7.69. The van der Waals surface area contributed by atoms with Crippen molar-refractivity contribution in [3.63, 3.8) is 0 Å². The number of nitrogens with zero attached hydrogens (tertiary/aromatic N) is 2. The van der Waals surface area contributed by atoms with E-state index in [1.54, 1.807) is 18.2 Å². The number of carbonyl (C=O) groups is 1. The molecule has 2 N–H and O–H groups in total. The summed E-state index contributed by atoms with van der Waals surface area (Å²) in [6, 6.07) is 14.2. The molecule has 172 valence electrons. The molecule has 0 saturated carbocycles. The molecule has 1 amide bonds. The lowest BCUT2D eigenvalue weighted by Gasteiger charge is -2.19. The van der Waals surface area contributed by atoms with Crippen LogP contribution >= 0.6 is 0 Å². The molecule has 0 unspecified atom stereocenters. The molecule has 2 aromatic carbocycles. The molecule has 0 radical (unpaired) electrons. The van der Waals surface area contributed by atoms with E-state index >= 15 is 0 Å². The van der Waals surface area contributed by atoms with Gasteiger partial charge in [-0.1, -0.05) is 64.1 Å². The lowest BCUT2D eigenvalue weighted by Crippen LogP contribution is -2.38. The molecular weight excluding hydrogens is 424 g/mol. The van der Waals surface area contributed by atoms with Crippen molar-refractivity contribution < 1.29 is 13.2 Å². The Labute approximate surface area is 191 Å². The third-order valence-electron chi connectivity index (χ3n) is 5.62. The van der Waals surface area contributed by atoms with Crippen molar-refractivity contribution in [3.8, 4) is 0 Å². The zero-order chi connectivity index (χ0) is 23.3. The summed E-state index contributed by atoms with van der Waals surface area (Å²) in [5.74, 6) is -0.116. The molecule has 1 heterocycles. The number of sulfonamides is 1. The van der Waals surface area contributed by atoms with Crippen LogP contribution < -0.4 is 10.0 Å². The quantitative estimate of drug-likeness (QED) is 0.607. The molecule has 1 aliphatic heterocycles. The van der Waals surface area contributed by atoms with Crippen LogP contribution in [0.5, 0.6) is 0 Å². The number of amides is 1. The van der Waals surface area contributed by atoms with E-state index in [-0.39, 0.29) is 22.6 Å². The normalized spacial score (nSPS) is 16.8. The largest absolute Gasteiger partial charge is 0.350 e. The number of amidine groups is 1. The predicted octanol–water partition coefficient (Wildman–Crippen LogP) is 2.91. The highest BCUT2D eigenvalue weighted by atomic mass is 32.2. The number of nitrogens with one attached hydrogen (secondary N) is 2. The highest BCUT2D eigenvalue weighted by Gasteiger charge is 2.32. The first-order valence-electron chi connectivity index (χ1n) is 11.0. The molecule has 1 atom stereocenters. The number of carbonyl (C=O) groups excluding carboxylic acids is 1. The van der Waals surface area contributed by atoms with Gasteiger partial charge in [-0.15, -0.1) is 0 Å². The Hall–Kier alpha value is -2.71. The van der Waals surface area contributed by atoms with Gasteiger partial charge in [-0.05, 0) is 42.3 Å². The number of hydrogen-bond donors (Lipinski definition) is 2. The summed E-state index contributed by atoms with van der Waals surface area (Å²) in [7, 11) is -3.64. The first-order valence-corrected chi connectivity index (χ1v) is 12.5. The van der Waals surface area contributed by atoms with Crippen molar-refractivity contribution in [2.24, 2.45) is 10.9 Å². The molecule has 0 fully saturated rings. The minimum Gasteiger partial charge on any atom is -0.350 e. The third kappa shape index (κ3) is 5.55. The van der Waals surface area contributed by atoms with E-state index in [2.05, 4.69) is 45.9 Å². The van der Waals surface area contributed by atoms with E-state index in [9.17, 15) is 13.2 Å². The maximum atomic E-state index is 12.9. The lowest BCUT2D eigenvalue weighted by molar-refractivity contribution is -0.123. The van der Waals surface area contributed by atoms with Crippen molar-refractivity contribution in [1.29, 1.82) is 0 Å². The van der Waals surface area contributed by atoms with Gasteiger partial charge in [0.1, 0.15) is 11.9 Å². The number of rotatable bonds is 9. The first-order chi connectivity index (χ1) is 15.2. The second kappa shape index (κ2) is 10.3. The third-order valence-corrected chi connectivity index (χ3v) is 7.02. The van der Waals surface area contributed by atoms with Gasteiger partial charge < -0.3 is 5.32 Å². The summed E-state index contributed by atoms with van der Waals surface area (Å²) < 4.78 is 27.1. The summed E-state index contributed by atoms with van der Waals surface area (Å²) in [4.78, 5) is 19.9. The van der Waals surface area contributed by atoms with Crippen LogP contribution in [-0.2, 0) is 27.9 Å². The minimum atomic E-state index is -3.64. The van der Waals surface area contributed by atoms with Crippen LogP contribution in [0.25, 0.3) is 0 Å². The van der Waals surface area contributed by atoms with Gasteiger partial charge in [0.15, 0.2) is 0 Å². The smallest absolute Gasteiger partial charge is 0.263 e. The summed E-state index contributed by atoms with van der Waals surface area (Å²) in [6.07, 6.45) is 0. The van der Waals surface area contributed by atoms with Crippen LogP contribution in [0.2, 0.25) is 0 Å². The lowest BCUT2D eigenvalue weighted by atomic mass is 10.0. The van der Waals surface area contributed by atoms with E-state index in [0.717, 1.165) is 25.2 Å². The maximum absolute atomic E-state index is 12.9. The van der Waals surface area contributed by atoms with Crippen LogP contribution in [0, 0.1) is 5.92 Å². The Morgan fingerprint density at radius 3 is 2.28 bits per heavy atom. The van der Waals surface area contributed by atoms with Crippen molar-refractivity contribution in [2.75, 3.05) is 13.1 Å². The molecule has 0 aliphatic carbocycles. The van der Waals surface area contributed by atoms with E-state index in [1.165, 1.54) is 11.6 Å². The van der Waals surface area contributed by atoms with Gasteiger partial charge in [0.25, 0.3) is 10.0 Å². The zero-order valence-electron chi connectivity index (χ0n) is 19.1. The molecule has 8 heteroatoms. The molecule has 0 aromatic heterocycles. The van der Waals surface area contributed by atoms with E-state index < -0.39 is 16.1 Å². The van der Waals surface area contributed by atoms with Gasteiger partial charge in [-0.2, -0.15) is 0 Å². The fraction of sp³-hybridized carbons (Fsp3) is 0.417. The number of fused-ring (bicyclic) bond motifs is 1. The number of aliphatic imine (C=N–C) groups is 1. The summed E-state index contributed by atoms with van der Waals surface area (Å²) in [6.45, 7) is 11.4. The molecule has 0 bridgehead atoms. The van der Waals surface area contributed by atoms with Gasteiger partial charge >= 0.3 is 0 Å². The Bertz CT molecular complexity index is 1070. The van der Waals surface area contributed by atoms with Crippen LogP contribution in [0.15, 0.2) is 58.4 Å². The van der Waals surface area contributed by atoms with Gasteiger partial charge in [0, 0.05) is 18.7 Å².